The van der Waals surface area contributed by atoms with Gasteiger partial charge in [0.2, 0.25) is 0 Å². The van der Waals surface area contributed by atoms with Crippen molar-refractivity contribution in [2.24, 2.45) is 0 Å². The fourth-order valence-electron chi connectivity index (χ4n) is 4.85. The van der Waals surface area contributed by atoms with Crippen LogP contribution in [0.5, 0.6) is 0 Å². The number of likely N-dealkylation sites (tertiary alicyclic amines) is 1. The molecule has 180 valence electrons. The fourth-order valence-corrected chi connectivity index (χ4v) is 4.85. The Morgan fingerprint density at radius 2 is 1.64 bits per heavy atom. The molecule has 6 heteroatoms. The van der Waals surface area contributed by atoms with E-state index in [2.05, 4.69) is 11.0 Å². The Bertz CT molecular complexity index is 1420. The number of benzene rings is 3. The molecule has 0 aliphatic carbocycles. The lowest BCUT2D eigenvalue weighted by atomic mass is 9.86. The smallest absolute Gasteiger partial charge is 0.254 e. The maximum atomic E-state index is 13.5. The maximum Gasteiger partial charge on any atom is 0.254 e. The van der Waals surface area contributed by atoms with Crippen LogP contribution in [0.4, 0.5) is 5.69 Å². The second-order valence-corrected chi connectivity index (χ2v) is 9.25. The van der Waals surface area contributed by atoms with Gasteiger partial charge in [0.25, 0.3) is 5.91 Å². The number of nitrogen functional groups attached to an aromatic ring is 1. The summed E-state index contributed by atoms with van der Waals surface area (Å²) < 4.78 is 1.83. The van der Waals surface area contributed by atoms with Gasteiger partial charge in [-0.15, -0.1) is 6.42 Å². The largest absolute Gasteiger partial charge is 0.398 e. The van der Waals surface area contributed by atoms with Crippen LogP contribution in [0.3, 0.4) is 0 Å². The number of rotatable bonds is 5. The molecule has 1 saturated heterocycles. The summed E-state index contributed by atoms with van der Waals surface area (Å²) in [5.74, 6) is 2.57. The number of para-hydroxylation sites is 1. The van der Waals surface area contributed by atoms with Crippen molar-refractivity contribution in [3.8, 4) is 29.2 Å². The van der Waals surface area contributed by atoms with Gasteiger partial charge in [-0.25, -0.2) is 4.68 Å². The molecule has 3 N–H and O–H groups in total. The number of hydrogen-bond donors (Lipinski definition) is 2. The zero-order valence-electron chi connectivity index (χ0n) is 20.0. The Balaban J connectivity index is 1.30. The van der Waals surface area contributed by atoms with E-state index in [1.165, 1.54) is 0 Å². The van der Waals surface area contributed by atoms with Gasteiger partial charge < -0.3 is 15.7 Å². The Labute approximate surface area is 211 Å². The highest BCUT2D eigenvalue weighted by Crippen LogP contribution is 2.32. The quantitative estimate of drug-likeness (QED) is 0.332. The first-order valence-corrected chi connectivity index (χ1v) is 12.0. The molecule has 1 aliphatic rings. The second kappa shape index (κ2) is 9.73. The molecule has 2 heterocycles. The number of aliphatic hydroxyl groups is 1. The summed E-state index contributed by atoms with van der Waals surface area (Å²) in [6, 6.07) is 24.6. The minimum absolute atomic E-state index is 0.0467. The number of aromatic nitrogens is 2. The number of anilines is 1. The topological polar surface area (TPSA) is 84.4 Å². The lowest BCUT2D eigenvalue weighted by Gasteiger charge is -2.38. The van der Waals surface area contributed by atoms with Gasteiger partial charge in [0, 0.05) is 53.8 Å². The van der Waals surface area contributed by atoms with Crippen LogP contribution in [0.2, 0.25) is 0 Å². The molecule has 0 radical (unpaired) electrons. The van der Waals surface area contributed by atoms with Crippen molar-refractivity contribution in [2.45, 2.75) is 24.9 Å². The lowest BCUT2D eigenvalue weighted by molar-refractivity contribution is -0.0172. The lowest BCUT2D eigenvalue weighted by Crippen LogP contribution is -2.48. The van der Waals surface area contributed by atoms with E-state index in [1.807, 2.05) is 88.4 Å². The molecule has 0 spiro atoms. The number of amides is 1. The monoisotopic (exact) mass is 476 g/mol. The zero-order chi connectivity index (χ0) is 25.1. The number of carbonyl (C=O) groups excluding carboxylic acids is 1. The number of carbonyl (C=O) groups is 1. The number of nitrogens with zero attached hydrogens (tertiary/aromatic N) is 3. The van der Waals surface area contributed by atoms with Gasteiger partial charge in [-0.3, -0.25) is 4.79 Å². The second-order valence-electron chi connectivity index (χ2n) is 9.25. The fraction of sp³-hybridized carbons (Fsp3) is 0.200. The summed E-state index contributed by atoms with van der Waals surface area (Å²) in [5.41, 5.74) is 10.8. The van der Waals surface area contributed by atoms with E-state index in [1.54, 1.807) is 6.20 Å². The van der Waals surface area contributed by atoms with Crippen LogP contribution in [-0.4, -0.2) is 44.4 Å². The molecule has 0 atom stereocenters. The molecule has 1 fully saturated rings. The number of hydrogen-bond acceptors (Lipinski definition) is 4. The molecule has 1 amide bonds. The van der Waals surface area contributed by atoms with Crippen LogP contribution < -0.4 is 5.73 Å². The Morgan fingerprint density at radius 3 is 2.33 bits per heavy atom. The van der Waals surface area contributed by atoms with E-state index in [4.69, 9.17) is 12.2 Å². The molecule has 0 saturated carbocycles. The van der Waals surface area contributed by atoms with E-state index < -0.39 is 5.60 Å². The summed E-state index contributed by atoms with van der Waals surface area (Å²) in [6.45, 7) is 0.942. The van der Waals surface area contributed by atoms with Crippen LogP contribution in [-0.2, 0) is 6.42 Å². The maximum absolute atomic E-state index is 13.5. The van der Waals surface area contributed by atoms with E-state index in [0.717, 1.165) is 28.1 Å². The molecule has 6 nitrogen and oxygen atoms in total. The highest BCUT2D eigenvalue weighted by molar-refractivity contribution is 6.02. The Morgan fingerprint density at radius 1 is 0.972 bits per heavy atom. The zero-order valence-corrected chi connectivity index (χ0v) is 20.0. The third kappa shape index (κ3) is 4.61. The molecule has 0 bridgehead atoms. The van der Waals surface area contributed by atoms with Crippen LogP contribution in [0, 0.1) is 12.3 Å². The van der Waals surface area contributed by atoms with E-state index in [0.29, 0.717) is 43.6 Å². The number of terminal acetylenes is 1. The molecular formula is C30H28N4O2. The minimum atomic E-state index is -0.920. The van der Waals surface area contributed by atoms with E-state index >= 15 is 0 Å². The first kappa shape index (κ1) is 23.4. The molecule has 36 heavy (non-hydrogen) atoms. The molecule has 4 aromatic rings. The third-order valence-corrected chi connectivity index (χ3v) is 6.90. The standard InChI is InChI=1S/C30H28N4O2/c1-2-22-11-13-23(14-12-22)34-24(15-18-32-34)21-30(36)16-19-33(20-17-30)29(35)27-9-4-3-7-25(27)26-8-5-6-10-28(26)31/h1,3-15,18,36H,16-17,19-21,31H2. The summed E-state index contributed by atoms with van der Waals surface area (Å²) in [4.78, 5) is 15.3. The number of piperidine rings is 1. The highest BCUT2D eigenvalue weighted by Gasteiger charge is 2.35. The third-order valence-electron chi connectivity index (χ3n) is 6.90. The SMILES string of the molecule is C#Cc1ccc(-n2nccc2CC2(O)CCN(C(=O)c3ccccc3-c3ccccc3N)CC2)cc1. The average molecular weight is 477 g/mol. The summed E-state index contributed by atoms with van der Waals surface area (Å²) in [7, 11) is 0. The number of nitrogens with two attached hydrogens (primary N) is 1. The first-order chi connectivity index (χ1) is 17.5. The molecule has 1 aliphatic heterocycles. The van der Waals surface area contributed by atoms with Crippen LogP contribution in [0.1, 0.15) is 34.5 Å². The van der Waals surface area contributed by atoms with Gasteiger partial charge in [0.1, 0.15) is 0 Å². The van der Waals surface area contributed by atoms with Gasteiger partial charge in [-0.1, -0.05) is 42.3 Å². The summed E-state index contributed by atoms with van der Waals surface area (Å²) in [6.07, 6.45) is 8.61. The van der Waals surface area contributed by atoms with Crippen LogP contribution >= 0.6 is 0 Å². The molecule has 3 aromatic carbocycles. The van der Waals surface area contributed by atoms with Crippen molar-refractivity contribution in [2.75, 3.05) is 18.8 Å². The Hall–Kier alpha value is -4.34. The van der Waals surface area contributed by atoms with Gasteiger partial charge in [0.15, 0.2) is 0 Å². The molecular weight excluding hydrogens is 448 g/mol. The summed E-state index contributed by atoms with van der Waals surface area (Å²) >= 11 is 0. The average Bonchev–Trinajstić information content (AvgIpc) is 3.36. The highest BCUT2D eigenvalue weighted by atomic mass is 16.3. The predicted octanol–water partition coefficient (Wildman–Crippen LogP) is 4.31. The Kier molecular flexibility index (Phi) is 6.32. The molecule has 0 unspecified atom stereocenters. The normalized spacial score (nSPS) is 14.8. The van der Waals surface area contributed by atoms with E-state index in [9.17, 15) is 9.90 Å². The molecule has 5 rings (SSSR count). The molecule has 1 aromatic heterocycles. The van der Waals surface area contributed by atoms with Crippen LogP contribution in [0.25, 0.3) is 16.8 Å². The van der Waals surface area contributed by atoms with Crippen molar-refractivity contribution in [1.29, 1.82) is 0 Å². The predicted molar refractivity (Wildman–Crippen MR) is 142 cm³/mol. The van der Waals surface area contributed by atoms with Crippen molar-refractivity contribution >= 4 is 11.6 Å². The van der Waals surface area contributed by atoms with Crippen molar-refractivity contribution in [1.82, 2.24) is 14.7 Å². The van der Waals surface area contributed by atoms with E-state index in [-0.39, 0.29) is 5.91 Å². The van der Waals surface area contributed by atoms with Crippen LogP contribution in [0.15, 0.2) is 85.1 Å². The van der Waals surface area contributed by atoms with Crippen molar-refractivity contribution < 1.29 is 9.90 Å². The van der Waals surface area contributed by atoms with Gasteiger partial charge in [-0.2, -0.15) is 5.10 Å². The first-order valence-electron chi connectivity index (χ1n) is 12.0. The van der Waals surface area contributed by atoms with Crippen molar-refractivity contribution in [3.63, 3.8) is 0 Å². The van der Waals surface area contributed by atoms with Gasteiger partial charge >= 0.3 is 0 Å². The van der Waals surface area contributed by atoms with Gasteiger partial charge in [-0.05, 0) is 60.9 Å². The van der Waals surface area contributed by atoms with Crippen molar-refractivity contribution in [3.05, 3.63) is 102 Å². The minimum Gasteiger partial charge on any atom is -0.398 e. The van der Waals surface area contributed by atoms with Gasteiger partial charge in [0.05, 0.1) is 11.3 Å². The summed E-state index contributed by atoms with van der Waals surface area (Å²) in [5, 5.41) is 15.9.